The minimum Gasteiger partial charge on any atom is -0.383 e. The number of para-hydroxylation sites is 1. The maximum atomic E-state index is 13.5. The fourth-order valence-electron chi connectivity index (χ4n) is 3.49. The fraction of sp³-hybridized carbons (Fsp3) is 0.0400. The molecule has 8 nitrogen and oxygen atoms in total. The number of anilines is 3. The molecule has 3 aromatic carbocycles. The second-order valence-electron chi connectivity index (χ2n) is 7.49. The minimum atomic E-state index is -0.266. The van der Waals surface area contributed by atoms with Gasteiger partial charge in [-0.2, -0.15) is 5.10 Å². The molecule has 0 aliphatic carbocycles. The van der Waals surface area contributed by atoms with E-state index in [9.17, 15) is 4.39 Å². The summed E-state index contributed by atoms with van der Waals surface area (Å²) in [5.74, 6) is 1.09. The van der Waals surface area contributed by atoms with Gasteiger partial charge in [0, 0.05) is 11.1 Å². The van der Waals surface area contributed by atoms with Gasteiger partial charge >= 0.3 is 0 Å². The number of nitrogens with two attached hydrogens (primary N) is 1. The van der Waals surface area contributed by atoms with Gasteiger partial charge in [-0.25, -0.2) is 14.4 Å². The van der Waals surface area contributed by atoms with E-state index in [1.54, 1.807) is 24.4 Å². The Morgan fingerprint density at radius 1 is 1.03 bits per heavy atom. The summed E-state index contributed by atoms with van der Waals surface area (Å²) in [6.07, 6.45) is 4.62. The second-order valence-corrected chi connectivity index (χ2v) is 7.49. The Bertz CT molecular complexity index is 1470. The van der Waals surface area contributed by atoms with Crippen LogP contribution in [-0.4, -0.2) is 26.0 Å². The van der Waals surface area contributed by atoms with E-state index in [1.165, 1.54) is 24.7 Å². The average Bonchev–Trinajstić information content (AvgIpc) is 3.23. The molecular weight excluding hydrogens is 433 g/mol. The van der Waals surface area contributed by atoms with Gasteiger partial charge in [-0.15, -0.1) is 0 Å². The van der Waals surface area contributed by atoms with Crippen LogP contribution in [0.5, 0.6) is 5.75 Å². The van der Waals surface area contributed by atoms with Crippen molar-refractivity contribution < 1.29 is 9.23 Å². The molecule has 0 atom stereocenters. The Hall–Kier alpha value is -4.79. The summed E-state index contributed by atoms with van der Waals surface area (Å²) in [5, 5.41) is 12.6. The number of fused-ring (bicyclic) bond motifs is 1. The van der Waals surface area contributed by atoms with E-state index >= 15 is 0 Å². The van der Waals surface area contributed by atoms with Crippen LogP contribution in [0.1, 0.15) is 11.1 Å². The molecular formula is C25H20FN7O. The van der Waals surface area contributed by atoms with Crippen molar-refractivity contribution >= 4 is 34.4 Å². The number of nitrogens with zero attached hydrogens (tertiary/aromatic N) is 5. The molecule has 0 aliphatic rings. The molecule has 168 valence electrons. The largest absolute Gasteiger partial charge is 0.383 e. The summed E-state index contributed by atoms with van der Waals surface area (Å²) >= 11 is 0. The number of hydrogen-bond acceptors (Lipinski definition) is 7. The van der Waals surface area contributed by atoms with E-state index < -0.39 is 0 Å². The molecule has 5 rings (SSSR count). The summed E-state index contributed by atoms with van der Waals surface area (Å²) in [7, 11) is 0. The Morgan fingerprint density at radius 3 is 2.76 bits per heavy atom. The molecule has 9 heteroatoms. The Kier molecular flexibility index (Phi) is 5.81. The number of rotatable bonds is 7. The molecule has 2 aromatic heterocycles. The molecule has 0 fully saturated rings. The molecule has 5 aromatic rings. The monoisotopic (exact) mass is 453 g/mol. The van der Waals surface area contributed by atoms with Crippen LogP contribution in [0.2, 0.25) is 0 Å². The number of nitrogen functional groups attached to an aromatic ring is 1. The van der Waals surface area contributed by atoms with Crippen LogP contribution in [0.25, 0.3) is 10.9 Å². The number of nitrogens with one attached hydrogen (secondary N) is 1. The molecule has 0 aliphatic heterocycles. The van der Waals surface area contributed by atoms with Crippen LogP contribution in [0.3, 0.4) is 0 Å². The van der Waals surface area contributed by atoms with E-state index in [4.69, 9.17) is 10.6 Å². The number of benzene rings is 3. The van der Waals surface area contributed by atoms with Crippen LogP contribution in [0.4, 0.5) is 21.7 Å². The normalized spacial score (nSPS) is 11.2. The molecule has 34 heavy (non-hydrogen) atoms. The van der Waals surface area contributed by atoms with Gasteiger partial charge in [-0.3, -0.25) is 4.68 Å². The highest BCUT2D eigenvalue weighted by Crippen LogP contribution is 2.25. The third-order valence-electron chi connectivity index (χ3n) is 5.12. The fourth-order valence-corrected chi connectivity index (χ4v) is 3.49. The lowest BCUT2D eigenvalue weighted by Gasteiger charge is -2.10. The van der Waals surface area contributed by atoms with Crippen molar-refractivity contribution in [3.8, 4) is 5.75 Å². The predicted molar refractivity (Wildman–Crippen MR) is 130 cm³/mol. The average molecular weight is 453 g/mol. The molecule has 2 heterocycles. The first kappa shape index (κ1) is 21.1. The third-order valence-corrected chi connectivity index (χ3v) is 5.12. The highest BCUT2D eigenvalue weighted by Gasteiger charge is 2.10. The van der Waals surface area contributed by atoms with Crippen LogP contribution >= 0.6 is 0 Å². The highest BCUT2D eigenvalue weighted by molar-refractivity contribution is 5.93. The van der Waals surface area contributed by atoms with Crippen molar-refractivity contribution in [3.63, 3.8) is 0 Å². The number of halogens is 1. The molecule has 0 spiro atoms. The zero-order valence-electron chi connectivity index (χ0n) is 18.0. The van der Waals surface area contributed by atoms with E-state index in [2.05, 4.69) is 25.5 Å². The topological polar surface area (TPSA) is 103 Å². The molecule has 0 unspecified atom stereocenters. The number of aromatic nitrogens is 4. The summed E-state index contributed by atoms with van der Waals surface area (Å²) in [4.78, 5) is 13.7. The first-order valence-corrected chi connectivity index (χ1v) is 10.5. The molecule has 0 bridgehead atoms. The highest BCUT2D eigenvalue weighted by atomic mass is 19.1. The Morgan fingerprint density at radius 2 is 1.91 bits per heavy atom. The van der Waals surface area contributed by atoms with Gasteiger partial charge in [-0.05, 0) is 48.0 Å². The van der Waals surface area contributed by atoms with Gasteiger partial charge in [-0.1, -0.05) is 35.5 Å². The van der Waals surface area contributed by atoms with Crippen molar-refractivity contribution in [2.45, 2.75) is 6.54 Å². The van der Waals surface area contributed by atoms with Crippen molar-refractivity contribution in [2.75, 3.05) is 11.1 Å². The Balaban J connectivity index is 1.36. The zero-order chi connectivity index (χ0) is 23.3. The summed E-state index contributed by atoms with van der Waals surface area (Å²) in [6.45, 7) is 0.471. The van der Waals surface area contributed by atoms with Gasteiger partial charge in [0.25, 0.3) is 0 Å². The lowest BCUT2D eigenvalue weighted by atomic mass is 10.2. The van der Waals surface area contributed by atoms with E-state index in [0.717, 1.165) is 22.2 Å². The predicted octanol–water partition coefficient (Wildman–Crippen LogP) is 4.75. The lowest BCUT2D eigenvalue weighted by molar-refractivity contribution is 0.344. The molecule has 3 N–H and O–H groups in total. The lowest BCUT2D eigenvalue weighted by Crippen LogP contribution is -2.05. The van der Waals surface area contributed by atoms with Crippen LogP contribution in [0.15, 0.2) is 90.5 Å². The maximum absolute atomic E-state index is 13.5. The molecule has 0 amide bonds. The third kappa shape index (κ3) is 4.68. The van der Waals surface area contributed by atoms with Crippen molar-refractivity contribution in [3.05, 3.63) is 102 Å². The van der Waals surface area contributed by atoms with Crippen molar-refractivity contribution in [1.82, 2.24) is 19.7 Å². The van der Waals surface area contributed by atoms with Gasteiger partial charge < -0.3 is 15.9 Å². The first-order chi connectivity index (χ1) is 16.7. The summed E-state index contributed by atoms with van der Waals surface area (Å²) in [5.41, 5.74) is 9.11. The van der Waals surface area contributed by atoms with E-state index in [0.29, 0.717) is 23.7 Å². The maximum Gasteiger partial charge on any atom is 0.157 e. The first-order valence-electron chi connectivity index (χ1n) is 10.5. The van der Waals surface area contributed by atoms with Gasteiger partial charge in [0.15, 0.2) is 5.75 Å². The van der Waals surface area contributed by atoms with Gasteiger partial charge in [0.1, 0.15) is 23.8 Å². The number of oxime groups is 1. The quantitative estimate of drug-likeness (QED) is 0.272. The van der Waals surface area contributed by atoms with Crippen molar-refractivity contribution in [2.24, 2.45) is 5.16 Å². The summed E-state index contributed by atoms with van der Waals surface area (Å²) < 4.78 is 15.3. The standard InChI is InChI=1S/C25H20FN7O/c26-19-6-4-5-17(11-19)15-33-23-10-9-20(12-18(23)13-30-33)32-25-22(24(27)28-16-29-25)14-31-34-21-7-2-1-3-8-21/h1-14,16H,15H2,(H3,27,28,29,32)/b31-14+. The second kappa shape index (κ2) is 9.37. The molecule has 0 saturated heterocycles. The SMILES string of the molecule is Nc1ncnc(Nc2ccc3c(cnn3Cc3cccc(F)c3)c2)c1/C=N/Oc1ccccc1. The number of hydrogen-bond donors (Lipinski definition) is 2. The molecule has 0 saturated carbocycles. The minimum absolute atomic E-state index is 0.266. The molecule has 0 radical (unpaired) electrons. The van der Waals surface area contributed by atoms with E-state index in [1.807, 2.05) is 47.1 Å². The van der Waals surface area contributed by atoms with E-state index in [-0.39, 0.29) is 11.6 Å². The van der Waals surface area contributed by atoms with Crippen molar-refractivity contribution in [1.29, 1.82) is 0 Å². The van der Waals surface area contributed by atoms with Crippen LogP contribution in [0, 0.1) is 5.82 Å². The van der Waals surface area contributed by atoms with Crippen LogP contribution < -0.4 is 15.9 Å². The summed E-state index contributed by atoms with van der Waals surface area (Å²) in [6, 6.07) is 21.5. The zero-order valence-corrected chi connectivity index (χ0v) is 18.0. The Labute approximate surface area is 194 Å². The smallest absolute Gasteiger partial charge is 0.157 e. The van der Waals surface area contributed by atoms with Gasteiger partial charge in [0.05, 0.1) is 30.0 Å². The van der Waals surface area contributed by atoms with Gasteiger partial charge in [0.2, 0.25) is 0 Å². The van der Waals surface area contributed by atoms with Crippen LogP contribution in [-0.2, 0) is 6.54 Å².